The molecule has 0 N–H and O–H groups in total. The predicted octanol–water partition coefficient (Wildman–Crippen LogP) is 6.81. The third kappa shape index (κ3) is 15.9. The number of carbonyl (C=O) groups excluding carboxylic acids is 1. The zero-order valence-electron chi connectivity index (χ0n) is 15.5. The molecule has 22 heavy (non-hydrogen) atoms. The lowest BCUT2D eigenvalue weighted by Gasteiger charge is -2.10. The van der Waals surface area contributed by atoms with Crippen molar-refractivity contribution >= 4 is 5.97 Å². The standard InChI is InChI=1S/C20H40O2/c1-4-6-7-8-9-10-11-12-13-14-15-16-17-18-20(21)22-19(3)5-2/h19H,4-18H2,1-3H3. The minimum atomic E-state index is -0.0163. The molecule has 0 bridgehead atoms. The first-order valence-electron chi connectivity index (χ1n) is 9.90. The maximum Gasteiger partial charge on any atom is 0.306 e. The molecule has 0 aromatic rings. The monoisotopic (exact) mass is 312 g/mol. The van der Waals surface area contributed by atoms with Crippen LogP contribution in [0.2, 0.25) is 0 Å². The Bertz CT molecular complexity index is 238. The Kier molecular flexibility index (Phi) is 16.4. The maximum absolute atomic E-state index is 11.5. The summed E-state index contributed by atoms with van der Waals surface area (Å²) in [5, 5.41) is 0. The van der Waals surface area contributed by atoms with Gasteiger partial charge in [-0.3, -0.25) is 4.79 Å². The lowest BCUT2D eigenvalue weighted by atomic mass is 10.0. The molecular weight excluding hydrogens is 272 g/mol. The van der Waals surface area contributed by atoms with E-state index < -0.39 is 0 Å². The van der Waals surface area contributed by atoms with Crippen molar-refractivity contribution in [2.75, 3.05) is 0 Å². The van der Waals surface area contributed by atoms with Crippen LogP contribution in [0.15, 0.2) is 0 Å². The molecule has 0 rings (SSSR count). The van der Waals surface area contributed by atoms with Crippen molar-refractivity contribution in [1.29, 1.82) is 0 Å². The largest absolute Gasteiger partial charge is 0.463 e. The van der Waals surface area contributed by atoms with E-state index >= 15 is 0 Å². The van der Waals surface area contributed by atoms with E-state index in [2.05, 4.69) is 6.92 Å². The summed E-state index contributed by atoms with van der Waals surface area (Å²) in [4.78, 5) is 11.5. The third-order valence-electron chi connectivity index (χ3n) is 4.39. The van der Waals surface area contributed by atoms with E-state index in [9.17, 15) is 4.79 Å². The van der Waals surface area contributed by atoms with Crippen molar-refractivity contribution in [3.63, 3.8) is 0 Å². The molecule has 0 saturated heterocycles. The van der Waals surface area contributed by atoms with Crippen LogP contribution in [0, 0.1) is 0 Å². The number of hydrogen-bond donors (Lipinski definition) is 0. The molecule has 0 aliphatic carbocycles. The summed E-state index contributed by atoms with van der Waals surface area (Å²) in [6, 6.07) is 0. The van der Waals surface area contributed by atoms with Crippen molar-refractivity contribution in [3.05, 3.63) is 0 Å². The first-order chi connectivity index (χ1) is 10.7. The van der Waals surface area contributed by atoms with Gasteiger partial charge in [-0.15, -0.1) is 0 Å². The molecule has 0 spiro atoms. The van der Waals surface area contributed by atoms with Gasteiger partial charge in [0.25, 0.3) is 0 Å². The molecule has 0 aromatic heterocycles. The van der Waals surface area contributed by atoms with Crippen molar-refractivity contribution in [2.45, 2.75) is 123 Å². The molecule has 0 saturated carbocycles. The summed E-state index contributed by atoms with van der Waals surface area (Å²) in [6.45, 7) is 6.28. The van der Waals surface area contributed by atoms with Gasteiger partial charge in [-0.2, -0.15) is 0 Å². The molecule has 0 aliphatic heterocycles. The van der Waals surface area contributed by atoms with Crippen molar-refractivity contribution in [3.8, 4) is 0 Å². The van der Waals surface area contributed by atoms with E-state index in [0.717, 1.165) is 12.8 Å². The van der Waals surface area contributed by atoms with Gasteiger partial charge in [0.05, 0.1) is 6.10 Å². The predicted molar refractivity (Wildman–Crippen MR) is 96.2 cm³/mol. The molecule has 2 heteroatoms. The van der Waals surface area contributed by atoms with E-state index in [1.807, 2.05) is 13.8 Å². The topological polar surface area (TPSA) is 26.3 Å². The van der Waals surface area contributed by atoms with Crippen LogP contribution in [0.5, 0.6) is 0 Å². The van der Waals surface area contributed by atoms with Crippen LogP contribution >= 0.6 is 0 Å². The molecule has 1 unspecified atom stereocenters. The van der Waals surface area contributed by atoms with Gasteiger partial charge < -0.3 is 4.74 Å². The summed E-state index contributed by atoms with van der Waals surface area (Å²) < 4.78 is 5.27. The van der Waals surface area contributed by atoms with Crippen LogP contribution in [0.3, 0.4) is 0 Å². The second-order valence-corrected chi connectivity index (χ2v) is 6.70. The van der Waals surface area contributed by atoms with E-state index in [4.69, 9.17) is 4.74 Å². The minimum Gasteiger partial charge on any atom is -0.463 e. The van der Waals surface area contributed by atoms with Gasteiger partial charge in [0, 0.05) is 6.42 Å². The Labute approximate surface area is 139 Å². The summed E-state index contributed by atoms with van der Waals surface area (Å²) in [6.07, 6.45) is 19.0. The van der Waals surface area contributed by atoms with Crippen molar-refractivity contribution in [2.24, 2.45) is 0 Å². The SMILES string of the molecule is CCCCCCCCCCCCCCCC(=O)OC(C)CC. The fourth-order valence-electron chi connectivity index (χ4n) is 2.65. The Morgan fingerprint density at radius 3 is 1.55 bits per heavy atom. The van der Waals surface area contributed by atoms with E-state index in [1.165, 1.54) is 77.0 Å². The van der Waals surface area contributed by atoms with Gasteiger partial charge in [-0.25, -0.2) is 0 Å². The summed E-state index contributed by atoms with van der Waals surface area (Å²) >= 11 is 0. The highest BCUT2D eigenvalue weighted by Crippen LogP contribution is 2.13. The van der Waals surface area contributed by atoms with Gasteiger partial charge in [-0.05, 0) is 19.8 Å². The highest BCUT2D eigenvalue weighted by molar-refractivity contribution is 5.69. The molecule has 0 fully saturated rings. The second-order valence-electron chi connectivity index (χ2n) is 6.70. The Morgan fingerprint density at radius 2 is 1.14 bits per heavy atom. The number of esters is 1. The van der Waals surface area contributed by atoms with Gasteiger partial charge in [0.15, 0.2) is 0 Å². The molecule has 2 nitrogen and oxygen atoms in total. The number of carbonyl (C=O) groups is 1. The molecule has 1 atom stereocenters. The van der Waals surface area contributed by atoms with Crippen LogP contribution in [0.4, 0.5) is 0 Å². The first kappa shape index (κ1) is 21.5. The average Bonchev–Trinajstić information content (AvgIpc) is 2.51. The molecule has 132 valence electrons. The normalized spacial score (nSPS) is 12.3. The molecular formula is C20H40O2. The molecule has 0 heterocycles. The van der Waals surface area contributed by atoms with Gasteiger partial charge in [0.2, 0.25) is 0 Å². The van der Waals surface area contributed by atoms with Gasteiger partial charge >= 0.3 is 5.97 Å². The molecule has 0 aromatic carbocycles. The van der Waals surface area contributed by atoms with E-state index in [1.54, 1.807) is 0 Å². The number of rotatable bonds is 16. The zero-order chi connectivity index (χ0) is 16.5. The van der Waals surface area contributed by atoms with Gasteiger partial charge in [0.1, 0.15) is 0 Å². The summed E-state index contributed by atoms with van der Waals surface area (Å²) in [5.74, 6) is -0.0163. The van der Waals surface area contributed by atoms with Crippen LogP contribution < -0.4 is 0 Å². The maximum atomic E-state index is 11.5. The van der Waals surface area contributed by atoms with Crippen molar-refractivity contribution in [1.82, 2.24) is 0 Å². The molecule has 0 radical (unpaired) electrons. The van der Waals surface area contributed by atoms with Crippen molar-refractivity contribution < 1.29 is 9.53 Å². The lowest BCUT2D eigenvalue weighted by Crippen LogP contribution is -2.13. The minimum absolute atomic E-state index is 0.0163. The number of hydrogen-bond acceptors (Lipinski definition) is 2. The third-order valence-corrected chi connectivity index (χ3v) is 4.39. The average molecular weight is 313 g/mol. The van der Waals surface area contributed by atoms with E-state index in [-0.39, 0.29) is 12.1 Å². The lowest BCUT2D eigenvalue weighted by molar-refractivity contribution is -0.148. The summed E-state index contributed by atoms with van der Waals surface area (Å²) in [7, 11) is 0. The number of unbranched alkanes of at least 4 members (excludes halogenated alkanes) is 12. The van der Waals surface area contributed by atoms with Crippen LogP contribution in [0.25, 0.3) is 0 Å². The Hall–Kier alpha value is -0.530. The number of ether oxygens (including phenoxy) is 1. The fraction of sp³-hybridized carbons (Fsp3) is 0.950. The van der Waals surface area contributed by atoms with Crippen LogP contribution in [-0.2, 0) is 9.53 Å². The highest BCUT2D eigenvalue weighted by atomic mass is 16.5. The Balaban J connectivity index is 3.12. The molecule has 0 aliphatic rings. The smallest absolute Gasteiger partial charge is 0.306 e. The fourth-order valence-corrected chi connectivity index (χ4v) is 2.65. The second kappa shape index (κ2) is 16.8. The zero-order valence-corrected chi connectivity index (χ0v) is 15.5. The highest BCUT2D eigenvalue weighted by Gasteiger charge is 2.06. The quantitative estimate of drug-likeness (QED) is 0.231. The van der Waals surface area contributed by atoms with Crippen LogP contribution in [0.1, 0.15) is 117 Å². The van der Waals surface area contributed by atoms with E-state index in [0.29, 0.717) is 6.42 Å². The summed E-state index contributed by atoms with van der Waals surface area (Å²) in [5.41, 5.74) is 0. The van der Waals surface area contributed by atoms with Crippen LogP contribution in [-0.4, -0.2) is 12.1 Å². The molecule has 0 amide bonds. The first-order valence-corrected chi connectivity index (χ1v) is 9.90. The Morgan fingerprint density at radius 1 is 0.727 bits per heavy atom. The van der Waals surface area contributed by atoms with Gasteiger partial charge in [-0.1, -0.05) is 90.9 Å².